The minimum absolute atomic E-state index is 0.0113. The van der Waals surface area contributed by atoms with Gasteiger partial charge in [0.15, 0.2) is 11.6 Å². The molecule has 0 radical (unpaired) electrons. The molecule has 22 nitrogen and oxygen atoms in total. The number of hydrogen-bond acceptors (Lipinski definition) is 18. The summed E-state index contributed by atoms with van der Waals surface area (Å²) in [5, 5.41) is 19.5. The molecule has 0 fully saturated rings. The van der Waals surface area contributed by atoms with Gasteiger partial charge in [-0.05, 0) is 54.6 Å². The zero-order valence-electron chi connectivity index (χ0n) is 30.9. The Balaban J connectivity index is 1.36. The highest BCUT2D eigenvalue weighted by molar-refractivity contribution is 7.87. The molecule has 30 heteroatoms. The monoisotopic (exact) mass is 980 g/mol. The summed E-state index contributed by atoms with van der Waals surface area (Å²) in [4.78, 5) is 9.92. The van der Waals surface area contributed by atoms with Crippen LogP contribution in [-0.4, -0.2) is 71.8 Å². The zero-order valence-corrected chi connectivity index (χ0v) is 34.9. The molecule has 6 N–H and O–H groups in total. The van der Waals surface area contributed by atoms with Crippen LogP contribution in [0.5, 0.6) is 0 Å². The highest BCUT2D eigenvalue weighted by atomic mass is 35.5. The smallest absolute Gasteiger partial charge is 0.296 e. The quantitative estimate of drug-likeness (QED) is 0.0384. The summed E-state index contributed by atoms with van der Waals surface area (Å²) in [6.07, 6.45) is 1.37. The zero-order chi connectivity index (χ0) is 46.5. The molecule has 5 aromatic carbocycles. The number of hydrogen-bond donors (Lipinski definition) is 6. The van der Waals surface area contributed by atoms with Gasteiger partial charge in [-0.25, -0.2) is 19.9 Å². The van der Waals surface area contributed by atoms with Gasteiger partial charge < -0.3 is 10.6 Å². The van der Waals surface area contributed by atoms with Crippen LogP contribution in [0.2, 0.25) is 5.02 Å². The Morgan fingerprint density at radius 1 is 0.500 bits per heavy atom. The van der Waals surface area contributed by atoms with Crippen molar-refractivity contribution in [2.45, 2.75) is 19.6 Å². The SMILES string of the molecule is O=S(=O)(O)c1ccc2c(N=Nc3ccc(Nc4ncnc(F)c4F)c4c(S(=O)(=O)O)cccc34)ccc(N=Nc3cc(S(=O)(=O)O)c(Nc4ncnc(F)c4Cl)cc3S(=O)(=O)O)c2c1. The van der Waals surface area contributed by atoms with Crippen LogP contribution in [0, 0.1) is 17.7 Å². The molecule has 0 saturated carbocycles. The van der Waals surface area contributed by atoms with Crippen molar-refractivity contribution < 1.29 is 65.1 Å². The Bertz CT molecular complexity index is 3650. The van der Waals surface area contributed by atoms with Crippen molar-refractivity contribution in [3.63, 3.8) is 0 Å². The van der Waals surface area contributed by atoms with E-state index in [4.69, 9.17) is 11.6 Å². The molecule has 0 aliphatic rings. The van der Waals surface area contributed by atoms with Crippen LogP contribution in [0.3, 0.4) is 0 Å². The molecule has 0 unspecified atom stereocenters. The van der Waals surface area contributed by atoms with Crippen LogP contribution in [0.1, 0.15) is 0 Å². The third kappa shape index (κ3) is 9.32. The molecule has 2 aromatic heterocycles. The number of azo groups is 2. The van der Waals surface area contributed by atoms with Gasteiger partial charge >= 0.3 is 0 Å². The van der Waals surface area contributed by atoms with Crippen LogP contribution in [0.25, 0.3) is 21.5 Å². The summed E-state index contributed by atoms with van der Waals surface area (Å²) in [6.45, 7) is 0. The Labute approximate surface area is 361 Å². The third-order valence-corrected chi connectivity index (χ3v) is 12.5. The van der Waals surface area contributed by atoms with Crippen LogP contribution in [0.4, 0.5) is 58.9 Å². The Morgan fingerprint density at radius 2 is 1.05 bits per heavy atom. The summed E-state index contributed by atoms with van der Waals surface area (Å²) in [7, 11) is -20.5. The Hall–Kier alpha value is -6.70. The van der Waals surface area contributed by atoms with E-state index in [9.17, 15) is 65.1 Å². The number of anilines is 4. The maximum atomic E-state index is 14.5. The maximum absolute atomic E-state index is 14.5. The summed E-state index contributed by atoms with van der Waals surface area (Å²) in [5.41, 5.74) is -2.37. The lowest BCUT2D eigenvalue weighted by atomic mass is 10.1. The van der Waals surface area contributed by atoms with Crippen molar-refractivity contribution in [3.8, 4) is 0 Å². The molecule has 0 aliphatic heterocycles. The summed E-state index contributed by atoms with van der Waals surface area (Å²) in [5.74, 6) is -5.58. The normalized spacial score (nSPS) is 12.8. The Morgan fingerprint density at radius 3 is 1.67 bits per heavy atom. The van der Waals surface area contributed by atoms with Crippen LogP contribution in [0.15, 0.2) is 125 Å². The minimum atomic E-state index is -5.33. The van der Waals surface area contributed by atoms with E-state index in [1.807, 2.05) is 0 Å². The van der Waals surface area contributed by atoms with Crippen LogP contribution < -0.4 is 10.6 Å². The van der Waals surface area contributed by atoms with E-state index >= 15 is 0 Å². The number of benzene rings is 5. The number of nitrogens with zero attached hydrogens (tertiary/aromatic N) is 8. The van der Waals surface area contributed by atoms with Crippen molar-refractivity contribution >= 4 is 119 Å². The lowest BCUT2D eigenvalue weighted by molar-refractivity contribution is 0.476. The van der Waals surface area contributed by atoms with Crippen LogP contribution >= 0.6 is 11.6 Å². The van der Waals surface area contributed by atoms with E-state index in [2.05, 4.69) is 51.0 Å². The van der Waals surface area contributed by atoms with E-state index in [-0.39, 0.29) is 44.3 Å². The van der Waals surface area contributed by atoms with Gasteiger partial charge in [-0.2, -0.15) is 46.8 Å². The molecule has 0 amide bonds. The van der Waals surface area contributed by atoms with Crippen molar-refractivity contribution in [1.29, 1.82) is 0 Å². The number of fused-ring (bicyclic) bond motifs is 2. The van der Waals surface area contributed by atoms with E-state index < -0.39 is 106 Å². The van der Waals surface area contributed by atoms with Gasteiger partial charge in [-0.1, -0.05) is 29.8 Å². The van der Waals surface area contributed by atoms with E-state index in [1.54, 1.807) is 0 Å². The van der Waals surface area contributed by atoms with E-state index in [1.165, 1.54) is 30.3 Å². The van der Waals surface area contributed by atoms with E-state index in [0.29, 0.717) is 24.8 Å². The van der Waals surface area contributed by atoms with Crippen molar-refractivity contribution in [3.05, 3.63) is 108 Å². The molecule has 0 atom stereocenters. The molecule has 64 heavy (non-hydrogen) atoms. The van der Waals surface area contributed by atoms with E-state index in [0.717, 1.165) is 30.3 Å². The molecular weight excluding hydrogens is 961 g/mol. The molecular formula is C34H20ClF3N10O12S4. The number of nitrogens with one attached hydrogen (secondary N) is 2. The number of rotatable bonds is 12. The van der Waals surface area contributed by atoms with Gasteiger partial charge in [-0.15, -0.1) is 20.5 Å². The lowest BCUT2D eigenvalue weighted by Crippen LogP contribution is -2.08. The first-order chi connectivity index (χ1) is 29.9. The minimum Gasteiger partial charge on any atom is -0.338 e. The molecule has 0 bridgehead atoms. The van der Waals surface area contributed by atoms with Gasteiger partial charge in [0.05, 0.1) is 27.6 Å². The first kappa shape index (κ1) is 45.3. The van der Waals surface area contributed by atoms with Crippen molar-refractivity contribution in [2.24, 2.45) is 20.5 Å². The molecule has 0 spiro atoms. The summed E-state index contributed by atoms with van der Waals surface area (Å²) >= 11 is 5.82. The topological polar surface area (TPSA) is 343 Å². The van der Waals surface area contributed by atoms with Gasteiger partial charge in [0.1, 0.15) is 38.1 Å². The highest BCUT2D eigenvalue weighted by Crippen LogP contribution is 2.42. The van der Waals surface area contributed by atoms with Crippen molar-refractivity contribution in [2.75, 3.05) is 10.6 Å². The fraction of sp³-hybridized carbons (Fsp3) is 0. The predicted molar refractivity (Wildman–Crippen MR) is 217 cm³/mol. The lowest BCUT2D eigenvalue weighted by Gasteiger charge is -2.14. The molecule has 7 rings (SSSR count). The van der Waals surface area contributed by atoms with Gasteiger partial charge in [-0.3, -0.25) is 18.2 Å². The fourth-order valence-electron chi connectivity index (χ4n) is 5.88. The summed E-state index contributed by atoms with van der Waals surface area (Å²) < 4.78 is 182. The van der Waals surface area contributed by atoms with Gasteiger partial charge in [0.2, 0.25) is 11.8 Å². The molecule has 2 heterocycles. The second-order valence-corrected chi connectivity index (χ2v) is 18.6. The average molecular weight is 981 g/mol. The standard InChI is InChI=1S/C34H20ClF3N10O12S4/c35-29-31(37)39-13-41-33(29)44-23-11-27(64(58,59)60)24(12-26(23)63(55,56)57)48-47-21-7-6-19(16-5-4-15(10-18(16)21)61(49,50)51)45-46-20-8-9-22(43-34-30(36)32(38)40-14-42-34)28-17(20)2-1-3-25(28)62(52,53)54/h1-14H,(H,39,41,44)(H,40,42,43)(H,49,50,51)(H,52,53,54)(H,55,56,57)(H,58,59,60). The fourth-order valence-corrected chi connectivity index (χ4v) is 8.54. The molecule has 330 valence electrons. The Kier molecular flexibility index (Phi) is 11.9. The average Bonchev–Trinajstić information content (AvgIpc) is 3.21. The highest BCUT2D eigenvalue weighted by Gasteiger charge is 2.27. The molecule has 0 aliphatic carbocycles. The van der Waals surface area contributed by atoms with Gasteiger partial charge in [0, 0.05) is 27.2 Å². The van der Waals surface area contributed by atoms with Crippen LogP contribution in [-0.2, 0) is 40.5 Å². The third-order valence-electron chi connectivity index (χ3n) is 8.65. The molecule has 0 saturated heterocycles. The maximum Gasteiger partial charge on any atom is 0.296 e. The predicted octanol–water partition coefficient (Wildman–Crippen LogP) is 7.95. The first-order valence-electron chi connectivity index (χ1n) is 16.8. The van der Waals surface area contributed by atoms with Crippen molar-refractivity contribution in [1.82, 2.24) is 19.9 Å². The molecule has 7 aromatic rings. The summed E-state index contributed by atoms with van der Waals surface area (Å²) in [6, 6.07) is 12.3. The number of halogens is 4. The first-order valence-corrected chi connectivity index (χ1v) is 23.0. The number of aromatic nitrogens is 4. The second-order valence-electron chi connectivity index (χ2n) is 12.6. The van der Waals surface area contributed by atoms with Gasteiger partial charge in [0.25, 0.3) is 46.4 Å². The second kappa shape index (κ2) is 16.8. The largest absolute Gasteiger partial charge is 0.338 e.